The van der Waals surface area contributed by atoms with E-state index in [1.54, 1.807) is 16.7 Å². The van der Waals surface area contributed by atoms with Crippen LogP contribution >= 0.6 is 11.6 Å². The summed E-state index contributed by atoms with van der Waals surface area (Å²) < 4.78 is 1.80. The number of nitrogens with zero attached hydrogens (tertiary/aromatic N) is 6. The molecule has 1 saturated heterocycles. The zero-order valence-corrected chi connectivity index (χ0v) is 18.6. The van der Waals surface area contributed by atoms with E-state index >= 15 is 0 Å². The fourth-order valence-electron chi connectivity index (χ4n) is 3.65. The minimum Gasteiger partial charge on any atom is -0.382 e. The number of anilines is 3. The average molecular weight is 456 g/mol. The van der Waals surface area contributed by atoms with Gasteiger partial charge in [-0.1, -0.05) is 24.6 Å². The van der Waals surface area contributed by atoms with Crippen molar-refractivity contribution in [1.29, 1.82) is 5.26 Å². The van der Waals surface area contributed by atoms with E-state index in [-0.39, 0.29) is 28.7 Å². The Morgan fingerprint density at radius 2 is 1.75 bits per heavy atom. The Morgan fingerprint density at radius 3 is 2.34 bits per heavy atom. The summed E-state index contributed by atoms with van der Waals surface area (Å²) in [5.74, 6) is 0.836. The quantitative estimate of drug-likeness (QED) is 0.531. The highest BCUT2D eigenvalue weighted by molar-refractivity contribution is 6.35. The Labute approximate surface area is 190 Å². The summed E-state index contributed by atoms with van der Waals surface area (Å²) in [7, 11) is 0. The van der Waals surface area contributed by atoms with Gasteiger partial charge in [0.25, 0.3) is 5.56 Å². The minimum absolute atomic E-state index is 0.0116. The lowest BCUT2D eigenvalue weighted by Gasteiger charge is -2.18. The second kappa shape index (κ2) is 10.3. The van der Waals surface area contributed by atoms with Crippen LogP contribution in [0.25, 0.3) is 10.9 Å². The van der Waals surface area contributed by atoms with Gasteiger partial charge in [0.05, 0.1) is 15.9 Å². The second-order valence-corrected chi connectivity index (χ2v) is 7.77. The Hall–Kier alpha value is -3.42. The number of nitriles is 1. The molecule has 0 radical (unpaired) electrons. The third kappa shape index (κ3) is 5.07. The van der Waals surface area contributed by atoms with Crippen LogP contribution < -0.4 is 22.8 Å². The van der Waals surface area contributed by atoms with Gasteiger partial charge in [-0.15, -0.1) is 0 Å². The highest BCUT2D eigenvalue weighted by atomic mass is 35.5. The van der Waals surface area contributed by atoms with Crippen molar-refractivity contribution in [3.63, 3.8) is 0 Å². The molecule has 2 aromatic heterocycles. The molecule has 32 heavy (non-hydrogen) atoms. The first-order valence-corrected chi connectivity index (χ1v) is 10.7. The number of aromatic nitrogens is 4. The number of likely N-dealkylation sites (tertiary alicyclic amines) is 1. The van der Waals surface area contributed by atoms with E-state index in [9.17, 15) is 4.79 Å². The monoisotopic (exact) mass is 455 g/mol. The lowest BCUT2D eigenvalue weighted by atomic mass is 10.2. The molecule has 0 saturated carbocycles. The molecule has 1 aliphatic heterocycles. The van der Waals surface area contributed by atoms with Crippen molar-refractivity contribution in [1.82, 2.24) is 24.4 Å². The van der Waals surface area contributed by atoms with E-state index in [4.69, 9.17) is 34.1 Å². The highest BCUT2D eigenvalue weighted by Gasteiger charge is 2.15. The number of fused-ring (bicyclic) bond motifs is 1. The Kier molecular flexibility index (Phi) is 7.45. The molecule has 10 nitrogen and oxygen atoms in total. The van der Waals surface area contributed by atoms with Gasteiger partial charge in [-0.2, -0.15) is 15.2 Å². The standard InChI is InChI=1S/C16H20ClN3O.C5H6N6/c1-2-14-18-13-7-5-6-12(17)15(13)16(21)20(14)11-10-19-8-3-4-9-19;6-1-2-3(7)10-5(9)11-4(2)8/h5-7H,2-4,8-11H2,1H3;(H6,7,8,9,10,11). The van der Waals surface area contributed by atoms with Crippen LogP contribution in [0.3, 0.4) is 0 Å². The van der Waals surface area contributed by atoms with E-state index in [0.717, 1.165) is 31.9 Å². The number of rotatable bonds is 4. The third-order valence-corrected chi connectivity index (χ3v) is 5.58. The topological polar surface area (TPSA) is 166 Å². The van der Waals surface area contributed by atoms with E-state index < -0.39 is 0 Å². The van der Waals surface area contributed by atoms with Crippen molar-refractivity contribution in [2.24, 2.45) is 0 Å². The molecular weight excluding hydrogens is 430 g/mol. The van der Waals surface area contributed by atoms with Gasteiger partial charge in [-0.25, -0.2) is 4.98 Å². The maximum atomic E-state index is 12.8. The van der Waals surface area contributed by atoms with Crippen LogP contribution in [-0.4, -0.2) is 44.1 Å². The van der Waals surface area contributed by atoms with Crippen molar-refractivity contribution in [3.8, 4) is 6.07 Å². The molecule has 168 valence electrons. The van der Waals surface area contributed by atoms with Gasteiger partial charge in [0, 0.05) is 19.5 Å². The molecule has 0 amide bonds. The van der Waals surface area contributed by atoms with Crippen LogP contribution in [0.15, 0.2) is 23.0 Å². The fourth-order valence-corrected chi connectivity index (χ4v) is 3.90. The van der Waals surface area contributed by atoms with Crippen LogP contribution in [0.4, 0.5) is 17.6 Å². The molecule has 1 aliphatic rings. The van der Waals surface area contributed by atoms with Crippen molar-refractivity contribution < 1.29 is 0 Å². The number of halogens is 1. The molecule has 3 aromatic rings. The van der Waals surface area contributed by atoms with Crippen LogP contribution in [0.2, 0.25) is 5.02 Å². The zero-order valence-electron chi connectivity index (χ0n) is 17.9. The second-order valence-electron chi connectivity index (χ2n) is 7.36. The first kappa shape index (κ1) is 23.2. The number of aryl methyl sites for hydroxylation is 1. The van der Waals surface area contributed by atoms with Crippen LogP contribution in [-0.2, 0) is 13.0 Å². The van der Waals surface area contributed by atoms with Crippen molar-refractivity contribution in [2.75, 3.05) is 36.8 Å². The molecular formula is C21H26ClN9O. The van der Waals surface area contributed by atoms with Crippen LogP contribution in [0, 0.1) is 11.3 Å². The molecule has 4 rings (SSSR count). The molecule has 0 spiro atoms. The first-order chi connectivity index (χ1) is 15.3. The summed E-state index contributed by atoms with van der Waals surface area (Å²) in [6.07, 6.45) is 3.27. The summed E-state index contributed by atoms with van der Waals surface area (Å²) in [6.45, 7) is 5.90. The predicted molar refractivity (Wildman–Crippen MR) is 126 cm³/mol. The molecule has 6 N–H and O–H groups in total. The molecule has 1 fully saturated rings. The molecule has 0 aliphatic carbocycles. The first-order valence-electron chi connectivity index (χ1n) is 10.3. The normalized spacial score (nSPS) is 13.5. The summed E-state index contributed by atoms with van der Waals surface area (Å²) in [4.78, 5) is 26.9. The third-order valence-electron chi connectivity index (χ3n) is 5.26. The summed E-state index contributed by atoms with van der Waals surface area (Å²) in [6, 6.07) is 7.21. The number of hydrogen-bond acceptors (Lipinski definition) is 9. The predicted octanol–water partition coefficient (Wildman–Crippen LogP) is 1.80. The van der Waals surface area contributed by atoms with Gasteiger partial charge >= 0.3 is 0 Å². The van der Waals surface area contributed by atoms with Gasteiger partial charge in [0.2, 0.25) is 5.95 Å². The summed E-state index contributed by atoms with van der Waals surface area (Å²) in [5, 5.41) is 9.49. The Balaban J connectivity index is 0.000000222. The smallest absolute Gasteiger partial charge is 0.262 e. The molecule has 3 heterocycles. The van der Waals surface area contributed by atoms with Crippen LogP contribution in [0.5, 0.6) is 0 Å². The Bertz CT molecular complexity index is 1190. The van der Waals surface area contributed by atoms with Crippen molar-refractivity contribution in [2.45, 2.75) is 32.7 Å². The molecule has 0 bridgehead atoms. The number of nitrogens with two attached hydrogens (primary N) is 3. The maximum Gasteiger partial charge on any atom is 0.262 e. The lowest BCUT2D eigenvalue weighted by molar-refractivity contribution is 0.318. The number of hydrogen-bond donors (Lipinski definition) is 3. The van der Waals surface area contributed by atoms with Gasteiger partial charge in [0.15, 0.2) is 0 Å². The van der Waals surface area contributed by atoms with E-state index in [0.29, 0.717) is 22.5 Å². The number of benzene rings is 1. The molecule has 1 aromatic carbocycles. The van der Waals surface area contributed by atoms with Gasteiger partial charge < -0.3 is 22.1 Å². The summed E-state index contributed by atoms with van der Waals surface area (Å²) in [5.41, 5.74) is 16.5. The average Bonchev–Trinajstić information content (AvgIpc) is 3.26. The molecule has 11 heteroatoms. The minimum atomic E-state index is -0.0287. The zero-order chi connectivity index (χ0) is 23.3. The fraction of sp³-hybridized carbons (Fsp3) is 0.381. The van der Waals surface area contributed by atoms with Crippen molar-refractivity contribution >= 4 is 40.1 Å². The maximum absolute atomic E-state index is 12.8. The van der Waals surface area contributed by atoms with Crippen molar-refractivity contribution in [3.05, 3.63) is 45.0 Å². The SMILES string of the molecule is CCc1nc2cccc(Cl)c2c(=O)n1CCN1CCCC1.N#Cc1c(N)nc(N)nc1N. The van der Waals surface area contributed by atoms with Gasteiger partial charge in [0.1, 0.15) is 29.1 Å². The Morgan fingerprint density at radius 1 is 1.09 bits per heavy atom. The van der Waals surface area contributed by atoms with Gasteiger partial charge in [-0.3, -0.25) is 9.36 Å². The highest BCUT2D eigenvalue weighted by Crippen LogP contribution is 2.19. The summed E-state index contributed by atoms with van der Waals surface area (Å²) >= 11 is 6.19. The lowest BCUT2D eigenvalue weighted by Crippen LogP contribution is -2.31. The van der Waals surface area contributed by atoms with E-state index in [1.807, 2.05) is 19.1 Å². The van der Waals surface area contributed by atoms with Gasteiger partial charge in [-0.05, 0) is 38.1 Å². The van der Waals surface area contributed by atoms with E-state index in [1.165, 1.54) is 12.8 Å². The molecule has 0 unspecified atom stereocenters. The van der Waals surface area contributed by atoms with Crippen LogP contribution in [0.1, 0.15) is 31.2 Å². The largest absolute Gasteiger partial charge is 0.382 e. The molecule has 0 atom stereocenters. The van der Waals surface area contributed by atoms with E-state index in [2.05, 4.69) is 19.9 Å². The number of nitrogen functional groups attached to an aromatic ring is 3.